The molecule has 0 bridgehead atoms. The van der Waals surface area contributed by atoms with E-state index in [0.29, 0.717) is 0 Å². The van der Waals surface area contributed by atoms with E-state index < -0.39 is 12.1 Å². The summed E-state index contributed by atoms with van der Waals surface area (Å²) >= 11 is 0. The van der Waals surface area contributed by atoms with E-state index in [2.05, 4.69) is 0 Å². The molecule has 2 heterocycles. The summed E-state index contributed by atoms with van der Waals surface area (Å²) in [6.45, 7) is 5.55. The molecular weight excluding hydrogens is 160 g/mol. The third kappa shape index (κ3) is 1.15. The van der Waals surface area contributed by atoms with Crippen LogP contribution >= 0.6 is 0 Å². The number of aliphatic hydroxyl groups excluding tert-OH is 1. The maximum Gasteiger partial charge on any atom is 0.184 e. The number of ether oxygens (including phenoxy) is 3. The highest BCUT2D eigenvalue weighted by Crippen LogP contribution is 2.37. The quantitative estimate of drug-likeness (QED) is 0.571. The Morgan fingerprint density at radius 1 is 1.17 bits per heavy atom. The molecule has 2 fully saturated rings. The van der Waals surface area contributed by atoms with Crippen molar-refractivity contribution in [1.82, 2.24) is 0 Å². The number of aliphatic hydroxyl groups is 1. The topological polar surface area (TPSA) is 47.9 Å². The van der Waals surface area contributed by atoms with Crippen LogP contribution in [0.1, 0.15) is 20.8 Å². The van der Waals surface area contributed by atoms with Crippen molar-refractivity contribution in [2.45, 2.75) is 51.2 Å². The Kier molecular flexibility index (Phi) is 1.70. The van der Waals surface area contributed by atoms with E-state index in [-0.39, 0.29) is 18.3 Å². The van der Waals surface area contributed by atoms with Crippen LogP contribution in [0.2, 0.25) is 0 Å². The molecule has 0 spiro atoms. The predicted molar refractivity (Wildman–Crippen MR) is 40.4 cm³/mol. The molecule has 12 heavy (non-hydrogen) atoms. The molecule has 2 rings (SSSR count). The Labute approximate surface area is 71.4 Å². The van der Waals surface area contributed by atoms with Crippen molar-refractivity contribution in [3.05, 3.63) is 0 Å². The Hall–Kier alpha value is -0.160. The number of fused-ring (bicyclic) bond motifs is 1. The first kappa shape index (κ1) is 8.44. The van der Waals surface area contributed by atoms with Crippen LogP contribution in [0, 0.1) is 0 Å². The van der Waals surface area contributed by atoms with E-state index in [9.17, 15) is 5.11 Å². The van der Waals surface area contributed by atoms with Crippen LogP contribution in [-0.4, -0.2) is 35.5 Å². The van der Waals surface area contributed by atoms with Crippen LogP contribution in [0.25, 0.3) is 0 Å². The Morgan fingerprint density at radius 3 is 2.33 bits per heavy atom. The van der Waals surface area contributed by atoms with Crippen LogP contribution in [0.4, 0.5) is 0 Å². The molecule has 70 valence electrons. The van der Waals surface area contributed by atoms with Crippen molar-refractivity contribution in [2.24, 2.45) is 0 Å². The van der Waals surface area contributed by atoms with Crippen molar-refractivity contribution < 1.29 is 19.3 Å². The van der Waals surface area contributed by atoms with Gasteiger partial charge in [0.15, 0.2) is 12.1 Å². The van der Waals surface area contributed by atoms with E-state index >= 15 is 0 Å². The molecular formula is C8H14O4. The fourth-order valence-corrected chi connectivity index (χ4v) is 1.78. The number of hydrogen-bond acceptors (Lipinski definition) is 4. The summed E-state index contributed by atoms with van der Waals surface area (Å²) in [5.41, 5.74) is 0. The van der Waals surface area contributed by atoms with Crippen molar-refractivity contribution in [2.75, 3.05) is 0 Å². The highest BCUT2D eigenvalue weighted by Gasteiger charge is 2.53. The van der Waals surface area contributed by atoms with Gasteiger partial charge in [-0.3, -0.25) is 0 Å². The lowest BCUT2D eigenvalue weighted by molar-refractivity contribution is -0.217. The summed E-state index contributed by atoms with van der Waals surface area (Å²) in [5, 5.41) is 9.37. The molecule has 4 nitrogen and oxygen atoms in total. The first-order chi connectivity index (χ1) is 5.49. The van der Waals surface area contributed by atoms with Gasteiger partial charge in [0, 0.05) is 0 Å². The molecule has 0 amide bonds. The van der Waals surface area contributed by atoms with Crippen molar-refractivity contribution in [3.63, 3.8) is 0 Å². The minimum Gasteiger partial charge on any atom is -0.366 e. The van der Waals surface area contributed by atoms with Gasteiger partial charge in [-0.1, -0.05) is 0 Å². The van der Waals surface area contributed by atoms with Gasteiger partial charge in [-0.25, -0.2) is 0 Å². The zero-order chi connectivity index (χ0) is 8.93. The van der Waals surface area contributed by atoms with Gasteiger partial charge >= 0.3 is 0 Å². The average molecular weight is 174 g/mol. The van der Waals surface area contributed by atoms with E-state index in [1.165, 1.54) is 0 Å². The summed E-state index contributed by atoms with van der Waals surface area (Å²) in [6.07, 6.45) is -1.39. The lowest BCUT2D eigenvalue weighted by Gasteiger charge is -2.20. The smallest absolute Gasteiger partial charge is 0.184 e. The fraction of sp³-hybridized carbons (Fsp3) is 1.00. The van der Waals surface area contributed by atoms with E-state index in [4.69, 9.17) is 14.2 Å². The molecule has 2 unspecified atom stereocenters. The number of rotatable bonds is 0. The summed E-state index contributed by atoms with van der Waals surface area (Å²) in [7, 11) is 0. The van der Waals surface area contributed by atoms with Crippen molar-refractivity contribution in [1.29, 1.82) is 0 Å². The first-order valence-electron chi connectivity index (χ1n) is 4.19. The molecule has 2 aliphatic heterocycles. The summed E-state index contributed by atoms with van der Waals surface area (Å²) in [5.74, 6) is -0.589. The lowest BCUT2D eigenvalue weighted by atomic mass is 10.2. The minimum absolute atomic E-state index is 0.0909. The second-order valence-corrected chi connectivity index (χ2v) is 3.80. The standard InChI is InChI=1S/C8H14O4/c1-4-5-6(7(9)10-4)12-8(2,3)11-5/h4-7,9H,1-3H3/t4-,5?,6?,7-/m1/s1. The average Bonchev–Trinajstić information content (AvgIpc) is 2.34. The monoisotopic (exact) mass is 174 g/mol. The third-order valence-electron chi connectivity index (χ3n) is 2.26. The maximum atomic E-state index is 9.37. The summed E-state index contributed by atoms with van der Waals surface area (Å²) < 4.78 is 16.1. The third-order valence-corrected chi connectivity index (χ3v) is 2.26. The van der Waals surface area contributed by atoms with Crippen molar-refractivity contribution in [3.8, 4) is 0 Å². The summed E-state index contributed by atoms with van der Waals surface area (Å²) in [4.78, 5) is 0. The van der Waals surface area contributed by atoms with E-state index in [1.807, 2.05) is 20.8 Å². The molecule has 0 aromatic carbocycles. The zero-order valence-corrected chi connectivity index (χ0v) is 7.48. The van der Waals surface area contributed by atoms with Crippen molar-refractivity contribution >= 4 is 0 Å². The van der Waals surface area contributed by atoms with Gasteiger partial charge in [0.25, 0.3) is 0 Å². The van der Waals surface area contributed by atoms with Gasteiger partial charge in [-0.15, -0.1) is 0 Å². The van der Waals surface area contributed by atoms with Gasteiger partial charge < -0.3 is 19.3 Å². The van der Waals surface area contributed by atoms with E-state index in [1.54, 1.807) is 0 Å². The molecule has 0 saturated carbocycles. The van der Waals surface area contributed by atoms with Crippen LogP contribution in [0.15, 0.2) is 0 Å². The maximum absolute atomic E-state index is 9.37. The van der Waals surface area contributed by atoms with Crippen LogP contribution in [0.5, 0.6) is 0 Å². The second kappa shape index (κ2) is 2.42. The first-order valence-corrected chi connectivity index (χ1v) is 4.19. The Bertz CT molecular complexity index is 173. The van der Waals surface area contributed by atoms with Gasteiger partial charge in [0.05, 0.1) is 6.10 Å². The molecule has 2 saturated heterocycles. The Morgan fingerprint density at radius 2 is 1.75 bits per heavy atom. The minimum atomic E-state index is -0.841. The van der Waals surface area contributed by atoms with Gasteiger partial charge in [0.2, 0.25) is 0 Å². The molecule has 0 aromatic heterocycles. The van der Waals surface area contributed by atoms with Crippen LogP contribution in [-0.2, 0) is 14.2 Å². The fourth-order valence-electron chi connectivity index (χ4n) is 1.78. The lowest BCUT2D eigenvalue weighted by Crippen LogP contribution is -2.29. The second-order valence-electron chi connectivity index (χ2n) is 3.80. The SMILES string of the molecule is C[C@H]1O[C@@H](O)C2OC(C)(C)OC21. The largest absolute Gasteiger partial charge is 0.366 e. The summed E-state index contributed by atoms with van der Waals surface area (Å²) in [6, 6.07) is 0. The molecule has 2 aliphatic rings. The molecule has 0 aliphatic carbocycles. The molecule has 0 radical (unpaired) electrons. The van der Waals surface area contributed by atoms with Gasteiger partial charge in [0.1, 0.15) is 12.2 Å². The highest BCUT2D eigenvalue weighted by molar-refractivity contribution is 4.92. The predicted octanol–water partition coefficient (Wildman–Crippen LogP) is 0.244. The molecule has 4 heteroatoms. The molecule has 4 atom stereocenters. The molecule has 0 aromatic rings. The van der Waals surface area contributed by atoms with Gasteiger partial charge in [-0.2, -0.15) is 0 Å². The highest BCUT2D eigenvalue weighted by atomic mass is 16.8. The zero-order valence-electron chi connectivity index (χ0n) is 7.48. The number of hydrogen-bond donors (Lipinski definition) is 1. The normalized spacial score (nSPS) is 51.0. The Balaban J connectivity index is 2.15. The van der Waals surface area contributed by atoms with Crippen LogP contribution in [0.3, 0.4) is 0 Å². The van der Waals surface area contributed by atoms with E-state index in [0.717, 1.165) is 0 Å². The van der Waals surface area contributed by atoms with Gasteiger partial charge in [-0.05, 0) is 20.8 Å². The van der Waals surface area contributed by atoms with Crippen LogP contribution < -0.4 is 0 Å². The molecule has 1 N–H and O–H groups in total.